The Bertz CT molecular complexity index is 391. The summed E-state index contributed by atoms with van der Waals surface area (Å²) in [6.07, 6.45) is 0. The summed E-state index contributed by atoms with van der Waals surface area (Å²) in [5.74, 6) is 0.279. The van der Waals surface area contributed by atoms with Crippen molar-refractivity contribution in [2.45, 2.75) is 0 Å². The van der Waals surface area contributed by atoms with Crippen molar-refractivity contribution in [1.82, 2.24) is 0 Å². The Labute approximate surface area is 78.7 Å². The third-order valence-electron chi connectivity index (χ3n) is 1.48. The van der Waals surface area contributed by atoms with Gasteiger partial charge in [0.25, 0.3) is 5.69 Å². The van der Waals surface area contributed by atoms with E-state index in [0.29, 0.717) is 0 Å². The zero-order valence-corrected chi connectivity index (χ0v) is 7.25. The number of methoxy groups -OCH3 is 1. The van der Waals surface area contributed by atoms with E-state index in [0.717, 1.165) is 0 Å². The van der Waals surface area contributed by atoms with Gasteiger partial charge in [0.05, 0.1) is 18.1 Å². The van der Waals surface area contributed by atoms with Gasteiger partial charge in [-0.1, -0.05) is 5.11 Å². The van der Waals surface area contributed by atoms with Crippen LogP contribution in [0.5, 0.6) is 5.75 Å². The van der Waals surface area contributed by atoms with E-state index >= 15 is 0 Å². The zero-order chi connectivity index (χ0) is 10.6. The number of ether oxygens (including phenoxy) is 1. The largest absolute Gasteiger partial charge is 0.496 e. The number of benzene rings is 1. The Morgan fingerprint density at radius 2 is 2.29 bits per heavy atom. The van der Waals surface area contributed by atoms with Crippen LogP contribution in [0.15, 0.2) is 23.3 Å². The van der Waals surface area contributed by atoms with E-state index in [9.17, 15) is 10.1 Å². The molecule has 0 N–H and O–H groups in total. The lowest BCUT2D eigenvalue weighted by molar-refractivity contribution is -0.384. The molecule has 0 atom stereocenters. The fraction of sp³-hybridized carbons (Fsp3) is 0.143. The van der Waals surface area contributed by atoms with Gasteiger partial charge in [-0.25, -0.2) is 0 Å². The van der Waals surface area contributed by atoms with Crippen LogP contribution in [0.4, 0.5) is 11.4 Å². The number of nitro benzene ring substituents is 1. The average Bonchev–Trinajstić information content (AvgIpc) is 2.17. The average molecular weight is 194 g/mol. The molecule has 0 bridgehead atoms. The normalized spacial score (nSPS) is 8.93. The summed E-state index contributed by atoms with van der Waals surface area (Å²) in [4.78, 5) is 12.4. The molecular formula is C7H6N4O3. The minimum absolute atomic E-state index is 0.151. The van der Waals surface area contributed by atoms with Crippen LogP contribution in [0.2, 0.25) is 0 Å². The van der Waals surface area contributed by atoms with E-state index in [4.69, 9.17) is 10.3 Å². The van der Waals surface area contributed by atoms with Crippen LogP contribution in [-0.2, 0) is 0 Å². The molecule has 14 heavy (non-hydrogen) atoms. The molecule has 1 aromatic carbocycles. The van der Waals surface area contributed by atoms with Crippen LogP contribution in [-0.4, -0.2) is 12.0 Å². The molecule has 0 unspecified atom stereocenters. The molecule has 0 amide bonds. The second-order valence-electron chi connectivity index (χ2n) is 2.34. The number of hydrogen-bond acceptors (Lipinski definition) is 4. The third-order valence-corrected chi connectivity index (χ3v) is 1.48. The van der Waals surface area contributed by atoms with Gasteiger partial charge in [0.1, 0.15) is 5.75 Å². The Hall–Kier alpha value is -2.27. The minimum atomic E-state index is -0.584. The zero-order valence-electron chi connectivity index (χ0n) is 7.25. The van der Waals surface area contributed by atoms with Crippen molar-refractivity contribution in [3.63, 3.8) is 0 Å². The predicted octanol–water partition coefficient (Wildman–Crippen LogP) is 2.55. The summed E-state index contributed by atoms with van der Waals surface area (Å²) in [5.41, 5.74) is 8.14. The SMILES string of the molecule is COc1cc(N=[N+]=[N-])cc([N+](=O)[O-])c1. The van der Waals surface area contributed by atoms with Crippen LogP contribution in [0.3, 0.4) is 0 Å². The Kier molecular flexibility index (Phi) is 2.88. The number of azide groups is 1. The molecule has 0 heterocycles. The number of hydrogen-bond donors (Lipinski definition) is 0. The van der Waals surface area contributed by atoms with Crippen molar-refractivity contribution < 1.29 is 9.66 Å². The topological polar surface area (TPSA) is 101 Å². The quantitative estimate of drug-likeness (QED) is 0.243. The standard InChI is InChI=1S/C7H6N4O3/c1-14-7-3-5(9-10-8)2-6(4-7)11(12)13/h2-4H,1H3. The first-order valence-electron chi connectivity index (χ1n) is 3.56. The van der Waals surface area contributed by atoms with E-state index in [1.54, 1.807) is 0 Å². The molecule has 72 valence electrons. The molecule has 0 spiro atoms. The van der Waals surface area contributed by atoms with Gasteiger partial charge in [-0.15, -0.1) is 0 Å². The van der Waals surface area contributed by atoms with Crippen molar-refractivity contribution in [3.8, 4) is 5.75 Å². The van der Waals surface area contributed by atoms with Crippen LogP contribution in [0, 0.1) is 10.1 Å². The minimum Gasteiger partial charge on any atom is -0.496 e. The van der Waals surface area contributed by atoms with E-state index < -0.39 is 4.92 Å². The maximum absolute atomic E-state index is 10.4. The molecule has 0 fully saturated rings. The second-order valence-corrected chi connectivity index (χ2v) is 2.34. The van der Waals surface area contributed by atoms with Gasteiger partial charge in [0.15, 0.2) is 0 Å². The fourth-order valence-corrected chi connectivity index (χ4v) is 0.901. The highest BCUT2D eigenvalue weighted by Crippen LogP contribution is 2.27. The highest BCUT2D eigenvalue weighted by atomic mass is 16.6. The van der Waals surface area contributed by atoms with Crippen LogP contribution in [0.1, 0.15) is 0 Å². The molecule has 0 aliphatic rings. The monoisotopic (exact) mass is 194 g/mol. The first-order chi connectivity index (χ1) is 6.67. The summed E-state index contributed by atoms with van der Waals surface area (Å²) in [7, 11) is 1.37. The van der Waals surface area contributed by atoms with Crippen molar-refractivity contribution in [3.05, 3.63) is 38.8 Å². The van der Waals surface area contributed by atoms with Gasteiger partial charge < -0.3 is 4.74 Å². The summed E-state index contributed by atoms with van der Waals surface area (Å²) < 4.78 is 4.80. The molecule has 0 aliphatic carbocycles. The molecule has 0 aromatic heterocycles. The van der Waals surface area contributed by atoms with Gasteiger partial charge in [-0.05, 0) is 11.6 Å². The Morgan fingerprint density at radius 3 is 2.79 bits per heavy atom. The maximum Gasteiger partial charge on any atom is 0.273 e. The van der Waals surface area contributed by atoms with Gasteiger partial charge in [-0.3, -0.25) is 10.1 Å². The van der Waals surface area contributed by atoms with Gasteiger partial charge in [-0.2, -0.15) is 0 Å². The van der Waals surface area contributed by atoms with Crippen LogP contribution < -0.4 is 4.74 Å². The number of non-ortho nitro benzene ring substituents is 1. The van der Waals surface area contributed by atoms with Crippen LogP contribution in [0.25, 0.3) is 10.4 Å². The van der Waals surface area contributed by atoms with Crippen molar-refractivity contribution >= 4 is 11.4 Å². The summed E-state index contributed by atoms with van der Waals surface area (Å²) in [6.45, 7) is 0. The van der Waals surface area contributed by atoms with Crippen molar-refractivity contribution in [1.29, 1.82) is 0 Å². The summed E-state index contributed by atoms with van der Waals surface area (Å²) >= 11 is 0. The molecular weight excluding hydrogens is 188 g/mol. The highest BCUT2D eigenvalue weighted by Gasteiger charge is 2.08. The predicted molar refractivity (Wildman–Crippen MR) is 48.5 cm³/mol. The van der Waals surface area contributed by atoms with E-state index in [1.165, 1.54) is 25.3 Å². The molecule has 0 saturated carbocycles. The summed E-state index contributed by atoms with van der Waals surface area (Å²) in [6, 6.07) is 3.82. The van der Waals surface area contributed by atoms with Crippen molar-refractivity contribution in [2.75, 3.05) is 7.11 Å². The lowest BCUT2D eigenvalue weighted by Gasteiger charge is -2.00. The Balaban J connectivity index is 3.26. The van der Waals surface area contributed by atoms with E-state index in [2.05, 4.69) is 10.0 Å². The second kappa shape index (κ2) is 4.11. The van der Waals surface area contributed by atoms with Crippen molar-refractivity contribution in [2.24, 2.45) is 5.11 Å². The smallest absolute Gasteiger partial charge is 0.273 e. The molecule has 1 rings (SSSR count). The number of rotatable bonds is 3. The molecule has 1 aromatic rings. The number of nitro groups is 1. The lowest BCUT2D eigenvalue weighted by atomic mass is 10.2. The fourth-order valence-electron chi connectivity index (χ4n) is 0.901. The Morgan fingerprint density at radius 1 is 1.57 bits per heavy atom. The van der Waals surface area contributed by atoms with Crippen LogP contribution >= 0.6 is 0 Å². The maximum atomic E-state index is 10.4. The number of nitrogens with zero attached hydrogens (tertiary/aromatic N) is 4. The molecule has 7 nitrogen and oxygen atoms in total. The molecule has 0 aliphatic heterocycles. The molecule has 0 saturated heterocycles. The van der Waals surface area contributed by atoms with E-state index in [-0.39, 0.29) is 17.1 Å². The molecule has 7 heteroatoms. The van der Waals surface area contributed by atoms with E-state index in [1.807, 2.05) is 0 Å². The first-order valence-corrected chi connectivity index (χ1v) is 3.56. The van der Waals surface area contributed by atoms with Gasteiger partial charge >= 0.3 is 0 Å². The lowest BCUT2D eigenvalue weighted by Crippen LogP contribution is -1.89. The van der Waals surface area contributed by atoms with Gasteiger partial charge in [0, 0.05) is 16.7 Å². The first kappa shape index (κ1) is 9.82. The molecule has 0 radical (unpaired) electrons. The third kappa shape index (κ3) is 2.11. The highest BCUT2D eigenvalue weighted by molar-refractivity contribution is 5.52. The summed E-state index contributed by atoms with van der Waals surface area (Å²) in [5, 5.41) is 13.7. The van der Waals surface area contributed by atoms with Gasteiger partial charge in [0.2, 0.25) is 0 Å².